The van der Waals surface area contributed by atoms with Crippen molar-refractivity contribution in [3.8, 4) is 5.75 Å². The lowest BCUT2D eigenvalue weighted by atomic mass is 9.68. The van der Waals surface area contributed by atoms with Crippen molar-refractivity contribution in [3.63, 3.8) is 0 Å². The highest BCUT2D eigenvalue weighted by Crippen LogP contribution is 2.44. The normalized spacial score (nSPS) is 19.6. The van der Waals surface area contributed by atoms with Gasteiger partial charge in [-0.3, -0.25) is 10.1 Å². The zero-order valence-corrected chi connectivity index (χ0v) is 25.0. The zero-order valence-electron chi connectivity index (χ0n) is 25.0. The van der Waals surface area contributed by atoms with Gasteiger partial charge in [-0.1, -0.05) is 38.0 Å². The number of carbonyl (C=O) groups excluding carboxylic acids is 2. The summed E-state index contributed by atoms with van der Waals surface area (Å²) in [6.45, 7) is 7.04. The molecule has 1 unspecified atom stereocenters. The van der Waals surface area contributed by atoms with E-state index in [9.17, 15) is 22.8 Å². The van der Waals surface area contributed by atoms with E-state index in [0.29, 0.717) is 24.0 Å². The number of anilines is 2. The third-order valence-corrected chi connectivity index (χ3v) is 8.58. The van der Waals surface area contributed by atoms with Crippen LogP contribution in [0.2, 0.25) is 0 Å². The maximum atomic E-state index is 14.0. The molecule has 0 radical (unpaired) electrons. The van der Waals surface area contributed by atoms with Crippen molar-refractivity contribution < 1.29 is 27.5 Å². The van der Waals surface area contributed by atoms with Crippen LogP contribution in [0.15, 0.2) is 42.5 Å². The standard InChI is InChI=1S/C31H38F3N7O3/c1-30(2,3)22-12-10-20(11-13-22)26(19-6-8-21(9-7-19)27(42)37-28-38-40-41-39-28)36-29(43)35-25-15-14-23(44-17-18-4-5-18)16-24(25)31(32,33)34/h6-9,14-16,18,20,22,26H,4-5,10-13,17H2,1-3H3,(H2,35,36,43)(H2,37,38,39,40,41,42)/t20-,22-,26?. The Morgan fingerprint density at radius 1 is 0.977 bits per heavy atom. The van der Waals surface area contributed by atoms with Crippen LogP contribution in [0, 0.1) is 23.2 Å². The molecule has 5 rings (SSSR count). The highest BCUT2D eigenvalue weighted by molar-refractivity contribution is 6.03. The van der Waals surface area contributed by atoms with E-state index < -0.39 is 29.7 Å². The van der Waals surface area contributed by atoms with Gasteiger partial charge in [0.15, 0.2) is 0 Å². The molecule has 236 valence electrons. The summed E-state index contributed by atoms with van der Waals surface area (Å²) in [5.74, 6) is 0.684. The van der Waals surface area contributed by atoms with Gasteiger partial charge in [-0.25, -0.2) is 4.79 Å². The highest BCUT2D eigenvalue weighted by atomic mass is 19.4. The number of aromatic amines is 1. The van der Waals surface area contributed by atoms with Gasteiger partial charge >= 0.3 is 12.2 Å². The van der Waals surface area contributed by atoms with Gasteiger partial charge in [-0.2, -0.15) is 18.4 Å². The first-order chi connectivity index (χ1) is 20.9. The molecule has 0 aliphatic heterocycles. The van der Waals surface area contributed by atoms with Crippen molar-refractivity contribution in [3.05, 3.63) is 59.2 Å². The number of nitrogens with zero attached hydrogens (tertiary/aromatic N) is 3. The Kier molecular flexibility index (Phi) is 9.12. The molecule has 2 aliphatic rings. The summed E-state index contributed by atoms with van der Waals surface area (Å²) in [5, 5.41) is 21.0. The van der Waals surface area contributed by atoms with Crippen LogP contribution in [0.25, 0.3) is 0 Å². The fraction of sp³-hybridized carbons (Fsp3) is 0.516. The molecule has 10 nitrogen and oxygen atoms in total. The minimum absolute atomic E-state index is 0.0339. The molecule has 13 heteroatoms. The maximum absolute atomic E-state index is 14.0. The number of hydrogen-bond donors (Lipinski definition) is 4. The highest BCUT2D eigenvalue weighted by Gasteiger charge is 2.37. The minimum atomic E-state index is -4.69. The van der Waals surface area contributed by atoms with Crippen LogP contribution in [0.3, 0.4) is 0 Å². The molecule has 2 fully saturated rings. The smallest absolute Gasteiger partial charge is 0.418 e. The van der Waals surface area contributed by atoms with Crippen LogP contribution in [0.5, 0.6) is 5.75 Å². The van der Waals surface area contributed by atoms with E-state index in [1.54, 1.807) is 24.3 Å². The van der Waals surface area contributed by atoms with Gasteiger partial charge in [-0.05, 0) is 103 Å². The Balaban J connectivity index is 1.33. The van der Waals surface area contributed by atoms with Crippen molar-refractivity contribution >= 4 is 23.6 Å². The molecule has 2 aliphatic carbocycles. The Labute approximate surface area is 253 Å². The summed E-state index contributed by atoms with van der Waals surface area (Å²) in [7, 11) is 0. The molecule has 0 bridgehead atoms. The summed E-state index contributed by atoms with van der Waals surface area (Å²) in [5.41, 5.74) is -0.0773. The number of H-pyrrole nitrogens is 1. The molecule has 0 spiro atoms. The van der Waals surface area contributed by atoms with Gasteiger partial charge in [0.05, 0.1) is 23.9 Å². The number of ether oxygens (including phenoxy) is 1. The lowest BCUT2D eigenvalue weighted by Gasteiger charge is -2.39. The second kappa shape index (κ2) is 12.8. The van der Waals surface area contributed by atoms with Gasteiger partial charge in [0.25, 0.3) is 11.9 Å². The van der Waals surface area contributed by atoms with E-state index in [0.717, 1.165) is 50.2 Å². The average molecular weight is 614 g/mol. The van der Waals surface area contributed by atoms with E-state index in [4.69, 9.17) is 4.74 Å². The van der Waals surface area contributed by atoms with Crippen LogP contribution in [-0.4, -0.2) is 39.2 Å². The Morgan fingerprint density at radius 2 is 1.68 bits per heavy atom. The maximum Gasteiger partial charge on any atom is 0.418 e. The number of aromatic nitrogens is 4. The van der Waals surface area contributed by atoms with E-state index in [-0.39, 0.29) is 28.7 Å². The fourth-order valence-electron chi connectivity index (χ4n) is 5.78. The van der Waals surface area contributed by atoms with E-state index in [2.05, 4.69) is 57.3 Å². The number of urea groups is 1. The number of hydrogen-bond acceptors (Lipinski definition) is 6. The predicted molar refractivity (Wildman–Crippen MR) is 158 cm³/mol. The first-order valence-electron chi connectivity index (χ1n) is 14.9. The summed E-state index contributed by atoms with van der Waals surface area (Å²) < 4.78 is 47.5. The summed E-state index contributed by atoms with van der Waals surface area (Å²) in [6.07, 6.45) is 0.966. The molecule has 2 saturated carbocycles. The molecule has 2 aromatic carbocycles. The van der Waals surface area contributed by atoms with Gasteiger partial charge < -0.3 is 15.4 Å². The number of nitrogens with one attached hydrogen (secondary N) is 4. The molecular weight excluding hydrogens is 575 g/mol. The zero-order chi connectivity index (χ0) is 31.5. The quantitative estimate of drug-likeness (QED) is 0.206. The van der Waals surface area contributed by atoms with Crippen LogP contribution in [0.1, 0.15) is 86.8 Å². The molecule has 1 aromatic heterocycles. The first-order valence-corrected chi connectivity index (χ1v) is 14.9. The third-order valence-electron chi connectivity index (χ3n) is 8.58. The van der Waals surface area contributed by atoms with Crippen molar-refractivity contribution in [2.24, 2.45) is 23.2 Å². The largest absolute Gasteiger partial charge is 0.493 e. The summed E-state index contributed by atoms with van der Waals surface area (Å²) >= 11 is 0. The summed E-state index contributed by atoms with van der Waals surface area (Å²) in [4.78, 5) is 25.9. The van der Waals surface area contributed by atoms with Gasteiger partial charge in [0, 0.05) is 5.56 Å². The number of carbonyl (C=O) groups is 2. The second-order valence-electron chi connectivity index (χ2n) is 12.8. The predicted octanol–water partition coefficient (Wildman–Crippen LogP) is 6.97. The third kappa shape index (κ3) is 8.06. The molecule has 44 heavy (non-hydrogen) atoms. The molecule has 1 heterocycles. The number of rotatable bonds is 9. The topological polar surface area (TPSA) is 134 Å². The number of benzene rings is 2. The van der Waals surface area contributed by atoms with Gasteiger partial charge in [-0.15, -0.1) is 5.10 Å². The first kappa shape index (κ1) is 31.3. The molecule has 3 amide bonds. The number of halogens is 3. The van der Waals surface area contributed by atoms with E-state index in [1.807, 2.05) is 0 Å². The molecule has 1 atom stereocenters. The van der Waals surface area contributed by atoms with Gasteiger partial charge in [0.1, 0.15) is 5.75 Å². The van der Waals surface area contributed by atoms with Gasteiger partial charge in [0.2, 0.25) is 0 Å². The Hall–Kier alpha value is -4.16. The van der Waals surface area contributed by atoms with Crippen molar-refractivity contribution in [1.82, 2.24) is 25.9 Å². The van der Waals surface area contributed by atoms with Crippen molar-refractivity contribution in [2.45, 2.75) is 71.5 Å². The Bertz CT molecular complexity index is 1430. The minimum Gasteiger partial charge on any atom is -0.493 e. The number of amides is 3. The lowest BCUT2D eigenvalue weighted by Crippen LogP contribution is -2.39. The summed E-state index contributed by atoms with van der Waals surface area (Å²) in [6, 6.07) is 9.12. The van der Waals surface area contributed by atoms with Crippen LogP contribution < -0.4 is 20.7 Å². The molecule has 3 aromatic rings. The molecule has 0 saturated heterocycles. The van der Waals surface area contributed by atoms with Crippen LogP contribution in [-0.2, 0) is 6.18 Å². The van der Waals surface area contributed by atoms with Crippen molar-refractivity contribution in [2.75, 3.05) is 17.2 Å². The van der Waals surface area contributed by atoms with Crippen molar-refractivity contribution in [1.29, 1.82) is 0 Å². The SMILES string of the molecule is CC(C)(C)[C@H]1CC[C@H](C(NC(=O)Nc2ccc(OCC3CC3)cc2C(F)(F)F)c2ccc(C(=O)Nc3nn[nH]n3)cc2)CC1. The van der Waals surface area contributed by atoms with E-state index >= 15 is 0 Å². The second-order valence-corrected chi connectivity index (χ2v) is 12.8. The van der Waals surface area contributed by atoms with E-state index in [1.165, 1.54) is 12.1 Å². The number of tetrazole rings is 1. The lowest BCUT2D eigenvalue weighted by molar-refractivity contribution is -0.137. The molecule has 4 N–H and O–H groups in total. The average Bonchev–Trinajstić information content (AvgIpc) is 3.68. The van der Waals surface area contributed by atoms with Crippen LogP contribution in [0.4, 0.5) is 29.6 Å². The molecular formula is C31H38F3N7O3. The number of alkyl halides is 3. The fourth-order valence-corrected chi connectivity index (χ4v) is 5.78. The Morgan fingerprint density at radius 3 is 2.27 bits per heavy atom. The monoisotopic (exact) mass is 613 g/mol. The van der Waals surface area contributed by atoms with Crippen LogP contribution >= 0.6 is 0 Å².